The third kappa shape index (κ3) is 2.87. The number of imidazole rings is 1. The summed E-state index contributed by atoms with van der Waals surface area (Å²) in [5, 5.41) is 19.7. The maximum Gasteiger partial charge on any atom is 0.169 e. The van der Waals surface area contributed by atoms with Gasteiger partial charge < -0.3 is 10.0 Å². The lowest BCUT2D eigenvalue weighted by atomic mass is 10.1. The molecule has 1 aromatic carbocycles. The molecule has 3 rings (SSSR count). The molecule has 0 saturated heterocycles. The molecular weight excluding hydrogens is 295 g/mol. The quantitative estimate of drug-likeness (QED) is 0.804. The van der Waals surface area contributed by atoms with Gasteiger partial charge in [0, 0.05) is 19.8 Å². The van der Waals surface area contributed by atoms with Crippen molar-refractivity contribution in [3.8, 4) is 6.07 Å². The number of hydrogen-bond donors (Lipinski definition) is 1. The van der Waals surface area contributed by atoms with E-state index < -0.39 is 6.10 Å². The van der Waals surface area contributed by atoms with Crippen LogP contribution < -0.4 is 4.90 Å². The molecule has 0 saturated carbocycles. The molecule has 2 aromatic heterocycles. The predicted molar refractivity (Wildman–Crippen MR) is 84.5 cm³/mol. The van der Waals surface area contributed by atoms with E-state index in [0.29, 0.717) is 22.7 Å². The molecule has 116 valence electrons. The number of fused-ring (bicyclic) bond motifs is 1. The first kappa shape index (κ1) is 15.0. The number of likely N-dealkylation sites (N-methyl/N-ethyl adjacent to an activating group) is 1. The van der Waals surface area contributed by atoms with Crippen molar-refractivity contribution in [2.24, 2.45) is 0 Å². The van der Waals surface area contributed by atoms with Crippen molar-refractivity contribution >= 4 is 11.5 Å². The molecule has 0 spiro atoms. The molecule has 0 aliphatic carbocycles. The Morgan fingerprint density at radius 2 is 2.04 bits per heavy atom. The van der Waals surface area contributed by atoms with E-state index in [1.807, 2.05) is 18.2 Å². The fourth-order valence-corrected chi connectivity index (χ4v) is 2.49. The van der Waals surface area contributed by atoms with Crippen LogP contribution in [0.2, 0.25) is 0 Å². The Balaban J connectivity index is 1.87. The van der Waals surface area contributed by atoms with Crippen LogP contribution in [0.25, 0.3) is 5.65 Å². The van der Waals surface area contributed by atoms with Crippen molar-refractivity contribution in [3.63, 3.8) is 0 Å². The first-order valence-corrected chi connectivity index (χ1v) is 7.12. The fourth-order valence-electron chi connectivity index (χ4n) is 2.49. The van der Waals surface area contributed by atoms with Crippen LogP contribution in [-0.2, 0) is 0 Å². The number of aliphatic hydroxyl groups excluding tert-OH is 1. The van der Waals surface area contributed by atoms with Gasteiger partial charge in [-0.3, -0.25) is 4.40 Å². The van der Waals surface area contributed by atoms with Gasteiger partial charge in [-0.2, -0.15) is 5.26 Å². The van der Waals surface area contributed by atoms with Gasteiger partial charge in [0.2, 0.25) is 0 Å². The summed E-state index contributed by atoms with van der Waals surface area (Å²) in [5.74, 6) is 0.154. The number of pyridine rings is 1. The van der Waals surface area contributed by atoms with Gasteiger partial charge in [0.05, 0.1) is 6.10 Å². The molecule has 23 heavy (non-hydrogen) atoms. The lowest BCUT2D eigenvalue weighted by molar-refractivity contribution is 0.184. The first-order valence-electron chi connectivity index (χ1n) is 7.12. The molecule has 0 amide bonds. The zero-order valence-corrected chi connectivity index (χ0v) is 12.5. The molecule has 0 fully saturated rings. The number of anilines is 1. The number of halogens is 1. The molecular formula is C17H15FN4O. The number of aliphatic hydroxyl groups is 1. The second-order valence-corrected chi connectivity index (χ2v) is 5.27. The number of nitriles is 1. The van der Waals surface area contributed by atoms with Gasteiger partial charge in [0.15, 0.2) is 11.5 Å². The van der Waals surface area contributed by atoms with E-state index in [0.717, 1.165) is 0 Å². The standard InChI is InChI=1S/C17H15FN4O/c1-21(11-15(23)12-5-7-13(18)8-6-12)17-14(10-19)22-9-3-2-4-16(22)20-17/h2-9,15,23H,11H2,1H3/t15-/m1/s1. The average Bonchev–Trinajstić information content (AvgIpc) is 2.94. The smallest absolute Gasteiger partial charge is 0.169 e. The molecule has 0 aliphatic heterocycles. The molecule has 3 aromatic rings. The Morgan fingerprint density at radius 1 is 1.30 bits per heavy atom. The van der Waals surface area contributed by atoms with Crippen molar-refractivity contribution in [3.05, 3.63) is 65.7 Å². The molecule has 0 bridgehead atoms. The average molecular weight is 310 g/mol. The van der Waals surface area contributed by atoms with E-state index >= 15 is 0 Å². The first-order chi connectivity index (χ1) is 11.1. The van der Waals surface area contributed by atoms with Gasteiger partial charge >= 0.3 is 0 Å². The van der Waals surface area contributed by atoms with Gasteiger partial charge in [-0.25, -0.2) is 9.37 Å². The minimum Gasteiger partial charge on any atom is -0.387 e. The van der Waals surface area contributed by atoms with Gasteiger partial charge in [0.25, 0.3) is 0 Å². The monoisotopic (exact) mass is 310 g/mol. The highest BCUT2D eigenvalue weighted by atomic mass is 19.1. The van der Waals surface area contributed by atoms with E-state index in [4.69, 9.17) is 0 Å². The maximum absolute atomic E-state index is 13.0. The molecule has 2 heterocycles. The number of rotatable bonds is 4. The van der Waals surface area contributed by atoms with Crippen molar-refractivity contribution in [1.82, 2.24) is 9.38 Å². The number of benzene rings is 1. The van der Waals surface area contributed by atoms with E-state index in [1.54, 1.807) is 34.7 Å². The van der Waals surface area contributed by atoms with Crippen molar-refractivity contribution in [2.45, 2.75) is 6.10 Å². The summed E-state index contributed by atoms with van der Waals surface area (Å²) < 4.78 is 14.7. The summed E-state index contributed by atoms with van der Waals surface area (Å²) in [6.07, 6.45) is 0.964. The molecule has 5 nitrogen and oxygen atoms in total. The lowest BCUT2D eigenvalue weighted by Crippen LogP contribution is -2.25. The van der Waals surface area contributed by atoms with E-state index in [1.165, 1.54) is 12.1 Å². The van der Waals surface area contributed by atoms with Crippen molar-refractivity contribution < 1.29 is 9.50 Å². The van der Waals surface area contributed by atoms with Gasteiger partial charge in [0.1, 0.15) is 17.5 Å². The van der Waals surface area contributed by atoms with E-state index in [-0.39, 0.29) is 12.4 Å². The Bertz CT molecular complexity index is 866. The Labute approximate surface area is 132 Å². The highest BCUT2D eigenvalue weighted by molar-refractivity contribution is 5.60. The summed E-state index contributed by atoms with van der Waals surface area (Å²) in [6.45, 7) is 0.240. The van der Waals surface area contributed by atoms with Crippen LogP contribution in [0.4, 0.5) is 10.2 Å². The Hall–Kier alpha value is -2.91. The summed E-state index contributed by atoms with van der Waals surface area (Å²) in [5.41, 5.74) is 1.69. The minimum atomic E-state index is -0.808. The molecule has 6 heteroatoms. The van der Waals surface area contributed by atoms with Crippen LogP contribution in [0.5, 0.6) is 0 Å². The van der Waals surface area contributed by atoms with Crippen LogP contribution in [0.1, 0.15) is 17.4 Å². The highest BCUT2D eigenvalue weighted by Gasteiger charge is 2.18. The zero-order valence-electron chi connectivity index (χ0n) is 12.5. The molecule has 0 radical (unpaired) electrons. The summed E-state index contributed by atoms with van der Waals surface area (Å²) >= 11 is 0. The van der Waals surface area contributed by atoms with E-state index in [2.05, 4.69) is 11.1 Å². The molecule has 1 atom stereocenters. The SMILES string of the molecule is CN(C[C@@H](O)c1ccc(F)cc1)c1nc2ccccn2c1C#N. The number of nitrogens with zero attached hydrogens (tertiary/aromatic N) is 4. The molecule has 0 aliphatic rings. The lowest BCUT2D eigenvalue weighted by Gasteiger charge is -2.21. The summed E-state index contributed by atoms with van der Waals surface area (Å²) in [7, 11) is 1.76. The highest BCUT2D eigenvalue weighted by Crippen LogP contribution is 2.23. The normalized spacial score (nSPS) is 12.1. The number of hydrogen-bond acceptors (Lipinski definition) is 4. The summed E-state index contributed by atoms with van der Waals surface area (Å²) in [4.78, 5) is 6.16. The Kier molecular flexibility index (Phi) is 3.96. The predicted octanol–water partition coefficient (Wildman–Crippen LogP) is 2.51. The van der Waals surface area contributed by atoms with Gasteiger partial charge in [-0.1, -0.05) is 18.2 Å². The summed E-state index contributed by atoms with van der Waals surface area (Å²) in [6, 6.07) is 13.3. The van der Waals surface area contributed by atoms with Gasteiger partial charge in [-0.05, 0) is 29.8 Å². The van der Waals surface area contributed by atoms with Crippen LogP contribution in [0.3, 0.4) is 0 Å². The third-order valence-corrected chi connectivity index (χ3v) is 3.68. The van der Waals surface area contributed by atoms with Crippen LogP contribution >= 0.6 is 0 Å². The number of aromatic nitrogens is 2. The fraction of sp³-hybridized carbons (Fsp3) is 0.176. The third-order valence-electron chi connectivity index (χ3n) is 3.68. The molecule has 0 unspecified atom stereocenters. The second kappa shape index (κ2) is 6.07. The van der Waals surface area contributed by atoms with E-state index in [9.17, 15) is 14.8 Å². The zero-order chi connectivity index (χ0) is 16.4. The topological polar surface area (TPSA) is 64.6 Å². The second-order valence-electron chi connectivity index (χ2n) is 5.27. The largest absolute Gasteiger partial charge is 0.387 e. The maximum atomic E-state index is 13.0. The van der Waals surface area contributed by atoms with Crippen LogP contribution in [-0.4, -0.2) is 28.1 Å². The van der Waals surface area contributed by atoms with Crippen LogP contribution in [0, 0.1) is 17.1 Å². The van der Waals surface area contributed by atoms with Crippen LogP contribution in [0.15, 0.2) is 48.7 Å². The Morgan fingerprint density at radius 3 is 2.74 bits per heavy atom. The molecule has 1 N–H and O–H groups in total. The van der Waals surface area contributed by atoms with Crippen molar-refractivity contribution in [2.75, 3.05) is 18.5 Å². The minimum absolute atomic E-state index is 0.240. The van der Waals surface area contributed by atoms with Gasteiger partial charge in [-0.15, -0.1) is 0 Å². The van der Waals surface area contributed by atoms with Crippen molar-refractivity contribution in [1.29, 1.82) is 5.26 Å².